The first-order valence-corrected chi connectivity index (χ1v) is 6.08. The third kappa shape index (κ3) is 2.31. The maximum absolute atomic E-state index is 11.7. The topological polar surface area (TPSA) is 73.1 Å². The van der Waals surface area contributed by atoms with Gasteiger partial charge in [0.15, 0.2) is 0 Å². The van der Waals surface area contributed by atoms with Crippen LogP contribution in [0.3, 0.4) is 0 Å². The third-order valence-corrected chi connectivity index (χ3v) is 3.25. The summed E-state index contributed by atoms with van der Waals surface area (Å²) < 4.78 is 0. The molecule has 19 heavy (non-hydrogen) atoms. The summed E-state index contributed by atoms with van der Waals surface area (Å²) in [5, 5.41) is 11.7. The van der Waals surface area contributed by atoms with E-state index < -0.39 is 4.92 Å². The van der Waals surface area contributed by atoms with Crippen molar-refractivity contribution in [3.05, 3.63) is 46.1 Å². The van der Waals surface area contributed by atoms with Crippen molar-refractivity contribution < 1.29 is 9.72 Å². The van der Waals surface area contributed by atoms with Crippen LogP contribution in [0.25, 0.3) is 10.9 Å². The molecule has 2 aromatic rings. The van der Waals surface area contributed by atoms with Gasteiger partial charge in [-0.2, -0.15) is 0 Å². The summed E-state index contributed by atoms with van der Waals surface area (Å²) in [6.07, 6.45) is 2.19. The summed E-state index contributed by atoms with van der Waals surface area (Å²) in [5.74, 6) is -0.186. The largest absolute Gasteiger partial charge is 0.299 e. The van der Waals surface area contributed by atoms with Crippen LogP contribution >= 0.6 is 0 Å². The predicted octanol–water partition coefficient (Wildman–Crippen LogP) is 3.23. The number of aromatic nitrogens is 1. The van der Waals surface area contributed by atoms with Crippen LogP contribution in [0.2, 0.25) is 0 Å². The smallest absolute Gasteiger partial charge is 0.295 e. The van der Waals surface area contributed by atoms with Gasteiger partial charge in [0.2, 0.25) is 0 Å². The summed E-state index contributed by atoms with van der Waals surface area (Å²) in [6, 6.07) is 6.59. The zero-order chi connectivity index (χ0) is 14.0. The number of hydrogen-bond acceptors (Lipinski definition) is 4. The molecule has 2 rings (SSSR count). The lowest BCUT2D eigenvalue weighted by Crippen LogP contribution is -2.08. The monoisotopic (exact) mass is 258 g/mol. The van der Waals surface area contributed by atoms with Gasteiger partial charge < -0.3 is 0 Å². The molecule has 1 unspecified atom stereocenters. The number of nitro benzene ring substituents is 1. The lowest BCUT2D eigenvalue weighted by atomic mass is 9.90. The van der Waals surface area contributed by atoms with E-state index in [1.807, 2.05) is 6.92 Å². The number of ketones is 1. The first-order valence-electron chi connectivity index (χ1n) is 6.08. The molecular formula is C14H14N2O3. The number of pyridine rings is 1. The van der Waals surface area contributed by atoms with Gasteiger partial charge in [0, 0.05) is 23.6 Å². The number of fused-ring (bicyclic) bond motifs is 1. The van der Waals surface area contributed by atoms with E-state index >= 15 is 0 Å². The lowest BCUT2D eigenvalue weighted by molar-refractivity contribution is -0.383. The van der Waals surface area contributed by atoms with E-state index in [0.29, 0.717) is 17.3 Å². The molecule has 1 aromatic carbocycles. The number of para-hydroxylation sites is 1. The normalized spacial score (nSPS) is 12.3. The zero-order valence-electron chi connectivity index (χ0n) is 10.8. The molecule has 0 aliphatic rings. The molecule has 0 amide bonds. The number of nitrogens with zero attached hydrogens (tertiary/aromatic N) is 2. The molecule has 0 bridgehead atoms. The molecule has 0 fully saturated rings. The van der Waals surface area contributed by atoms with Gasteiger partial charge in [0.1, 0.15) is 11.3 Å². The molecule has 0 spiro atoms. The van der Waals surface area contributed by atoms with Crippen molar-refractivity contribution in [3.63, 3.8) is 0 Å². The van der Waals surface area contributed by atoms with E-state index in [4.69, 9.17) is 0 Å². The quantitative estimate of drug-likeness (QED) is 0.623. The van der Waals surface area contributed by atoms with Gasteiger partial charge in [-0.15, -0.1) is 0 Å². The molecule has 0 saturated heterocycles. The number of rotatable bonds is 4. The van der Waals surface area contributed by atoms with Crippen LogP contribution in [0.4, 0.5) is 5.69 Å². The van der Waals surface area contributed by atoms with Crippen LogP contribution in [0, 0.1) is 10.1 Å². The van der Waals surface area contributed by atoms with E-state index in [1.54, 1.807) is 18.2 Å². The number of non-ortho nitro benzene ring substituents is 1. The highest BCUT2D eigenvalue weighted by Gasteiger charge is 2.20. The Hall–Kier alpha value is -2.30. The highest BCUT2D eigenvalue weighted by atomic mass is 16.6. The third-order valence-electron chi connectivity index (χ3n) is 3.25. The maximum atomic E-state index is 11.7. The Morgan fingerprint density at radius 1 is 1.42 bits per heavy atom. The van der Waals surface area contributed by atoms with Crippen LogP contribution in [0.5, 0.6) is 0 Å². The number of hydrogen-bond donors (Lipinski definition) is 0. The Bertz CT molecular complexity index is 652. The summed E-state index contributed by atoms with van der Waals surface area (Å²) in [6.45, 7) is 3.47. The van der Waals surface area contributed by atoms with Gasteiger partial charge in [-0.1, -0.05) is 19.1 Å². The highest BCUT2D eigenvalue weighted by Crippen LogP contribution is 2.31. The van der Waals surface area contributed by atoms with Gasteiger partial charge >= 0.3 is 0 Å². The van der Waals surface area contributed by atoms with Crippen LogP contribution < -0.4 is 0 Å². The molecule has 0 aliphatic carbocycles. The number of benzene rings is 1. The average molecular weight is 258 g/mol. The fourth-order valence-corrected chi connectivity index (χ4v) is 2.36. The lowest BCUT2D eigenvalue weighted by Gasteiger charge is -2.14. The van der Waals surface area contributed by atoms with Gasteiger partial charge in [0.05, 0.1) is 4.92 Å². The Balaban J connectivity index is 2.74. The first-order chi connectivity index (χ1) is 9.06. The van der Waals surface area contributed by atoms with E-state index in [2.05, 4.69) is 4.98 Å². The fourth-order valence-electron chi connectivity index (χ4n) is 2.36. The van der Waals surface area contributed by atoms with Gasteiger partial charge in [0.25, 0.3) is 5.69 Å². The molecule has 0 radical (unpaired) electrons. The fraction of sp³-hybridized carbons (Fsp3) is 0.286. The van der Waals surface area contributed by atoms with Crippen molar-refractivity contribution in [2.45, 2.75) is 26.2 Å². The Morgan fingerprint density at radius 3 is 2.74 bits per heavy atom. The van der Waals surface area contributed by atoms with Gasteiger partial charge in [-0.25, -0.2) is 4.98 Å². The minimum Gasteiger partial charge on any atom is -0.299 e. The number of carbonyl (C=O) groups is 1. The average Bonchev–Trinajstić information content (AvgIpc) is 2.38. The summed E-state index contributed by atoms with van der Waals surface area (Å²) in [7, 11) is 0. The van der Waals surface area contributed by atoms with Crippen molar-refractivity contribution in [1.82, 2.24) is 4.98 Å². The molecule has 5 nitrogen and oxygen atoms in total. The second-order valence-corrected chi connectivity index (χ2v) is 4.40. The Labute approximate surface area is 110 Å². The molecule has 98 valence electrons. The molecule has 1 heterocycles. The van der Waals surface area contributed by atoms with Gasteiger partial charge in [-0.3, -0.25) is 14.9 Å². The van der Waals surface area contributed by atoms with Crippen molar-refractivity contribution in [2.75, 3.05) is 0 Å². The summed E-state index contributed by atoms with van der Waals surface area (Å²) >= 11 is 0. The maximum Gasteiger partial charge on any atom is 0.295 e. The molecule has 0 aliphatic heterocycles. The Kier molecular flexibility index (Phi) is 3.55. The van der Waals surface area contributed by atoms with Crippen molar-refractivity contribution in [2.24, 2.45) is 0 Å². The SMILES string of the molecule is CCC(C(C)=O)c1ccnc2c([N+](=O)[O-])cccc12. The minimum absolute atomic E-state index is 0.0299. The minimum atomic E-state index is -0.451. The number of Topliss-reactive ketones (excluding diaryl/α,β-unsaturated/α-hetero) is 1. The van der Waals surface area contributed by atoms with Crippen LogP contribution in [-0.4, -0.2) is 15.7 Å². The van der Waals surface area contributed by atoms with E-state index in [9.17, 15) is 14.9 Å². The van der Waals surface area contributed by atoms with Crippen molar-refractivity contribution in [1.29, 1.82) is 0 Å². The van der Waals surface area contributed by atoms with E-state index in [0.717, 1.165) is 5.56 Å². The molecular weight excluding hydrogens is 244 g/mol. The van der Waals surface area contributed by atoms with E-state index in [1.165, 1.54) is 19.2 Å². The summed E-state index contributed by atoms with van der Waals surface area (Å²) in [4.78, 5) is 26.3. The predicted molar refractivity (Wildman–Crippen MR) is 72.1 cm³/mol. The summed E-state index contributed by atoms with van der Waals surface area (Å²) in [5.41, 5.74) is 1.12. The molecule has 0 N–H and O–H groups in total. The number of carbonyl (C=O) groups excluding carboxylic acids is 1. The Morgan fingerprint density at radius 2 is 2.16 bits per heavy atom. The van der Waals surface area contributed by atoms with Gasteiger partial charge in [-0.05, 0) is 25.0 Å². The molecule has 1 atom stereocenters. The van der Waals surface area contributed by atoms with Crippen molar-refractivity contribution in [3.8, 4) is 0 Å². The number of nitro groups is 1. The van der Waals surface area contributed by atoms with Crippen molar-refractivity contribution >= 4 is 22.4 Å². The first kappa shape index (κ1) is 13.1. The molecule has 1 aromatic heterocycles. The standard InChI is InChI=1S/C14H14N2O3/c1-3-10(9(2)17)11-7-8-15-14-12(11)5-4-6-13(14)16(18)19/h4-8,10H,3H2,1-2H3. The second kappa shape index (κ2) is 5.14. The zero-order valence-corrected chi connectivity index (χ0v) is 10.8. The highest BCUT2D eigenvalue weighted by molar-refractivity contribution is 5.94. The van der Waals surface area contributed by atoms with Crippen LogP contribution in [0.15, 0.2) is 30.5 Å². The van der Waals surface area contributed by atoms with Crippen LogP contribution in [0.1, 0.15) is 31.7 Å². The van der Waals surface area contributed by atoms with Crippen LogP contribution in [-0.2, 0) is 4.79 Å². The molecule has 5 heteroatoms. The van der Waals surface area contributed by atoms with E-state index in [-0.39, 0.29) is 17.4 Å². The molecule has 0 saturated carbocycles. The second-order valence-electron chi connectivity index (χ2n) is 4.40.